The highest BCUT2D eigenvalue weighted by Gasteiger charge is 2.30. The van der Waals surface area contributed by atoms with Crippen LogP contribution >= 0.6 is 0 Å². The second kappa shape index (κ2) is 5.68. The van der Waals surface area contributed by atoms with Gasteiger partial charge in [0.2, 0.25) is 0 Å². The largest absolute Gasteiger partial charge is 0.416 e. The highest BCUT2D eigenvalue weighted by molar-refractivity contribution is 6.05. The lowest BCUT2D eigenvalue weighted by atomic mass is 10.2. The van der Waals surface area contributed by atoms with Gasteiger partial charge in [0.25, 0.3) is 0 Å². The lowest BCUT2D eigenvalue weighted by molar-refractivity contribution is -0.137. The molecule has 4 nitrogen and oxygen atoms in total. The van der Waals surface area contributed by atoms with E-state index in [2.05, 4.69) is 15.6 Å². The first kappa shape index (κ1) is 15.0. The molecule has 0 atom stereocenters. The van der Waals surface area contributed by atoms with Gasteiger partial charge in [-0.05, 0) is 36.4 Å². The number of fused-ring (bicyclic) bond motifs is 1. The summed E-state index contributed by atoms with van der Waals surface area (Å²) in [6.45, 7) is 0. The molecule has 23 heavy (non-hydrogen) atoms. The SMILES string of the molecule is O=C(Nc1cccc(C(F)(F)F)c1)Nc1cccc2[nH]ccc12. The van der Waals surface area contributed by atoms with Crippen LogP contribution in [0.2, 0.25) is 0 Å². The molecule has 0 fully saturated rings. The van der Waals surface area contributed by atoms with Gasteiger partial charge >= 0.3 is 12.2 Å². The number of amides is 2. The molecule has 0 aliphatic rings. The number of aromatic nitrogens is 1. The molecule has 0 bridgehead atoms. The molecule has 2 aromatic carbocycles. The van der Waals surface area contributed by atoms with E-state index in [0.717, 1.165) is 23.0 Å². The molecule has 3 N–H and O–H groups in total. The van der Waals surface area contributed by atoms with E-state index in [-0.39, 0.29) is 5.69 Å². The van der Waals surface area contributed by atoms with Crippen LogP contribution in [0.5, 0.6) is 0 Å². The van der Waals surface area contributed by atoms with Crippen molar-refractivity contribution in [1.29, 1.82) is 0 Å². The Balaban J connectivity index is 1.76. The summed E-state index contributed by atoms with van der Waals surface area (Å²) in [6.07, 6.45) is -2.72. The highest BCUT2D eigenvalue weighted by Crippen LogP contribution is 2.30. The van der Waals surface area contributed by atoms with Gasteiger partial charge in [0.1, 0.15) is 0 Å². The van der Waals surface area contributed by atoms with Crippen molar-refractivity contribution < 1.29 is 18.0 Å². The van der Waals surface area contributed by atoms with E-state index >= 15 is 0 Å². The molecule has 0 saturated heterocycles. The minimum Gasteiger partial charge on any atom is -0.361 e. The average Bonchev–Trinajstić information content (AvgIpc) is 2.96. The van der Waals surface area contributed by atoms with Crippen molar-refractivity contribution in [2.45, 2.75) is 6.18 Å². The third-order valence-corrected chi connectivity index (χ3v) is 3.29. The number of carbonyl (C=O) groups is 1. The summed E-state index contributed by atoms with van der Waals surface area (Å²) < 4.78 is 38.0. The van der Waals surface area contributed by atoms with E-state index in [1.54, 1.807) is 24.4 Å². The fourth-order valence-electron chi connectivity index (χ4n) is 2.25. The van der Waals surface area contributed by atoms with Crippen molar-refractivity contribution in [2.24, 2.45) is 0 Å². The monoisotopic (exact) mass is 319 g/mol. The average molecular weight is 319 g/mol. The van der Waals surface area contributed by atoms with Crippen molar-refractivity contribution >= 4 is 28.3 Å². The van der Waals surface area contributed by atoms with Gasteiger partial charge in [-0.1, -0.05) is 12.1 Å². The van der Waals surface area contributed by atoms with E-state index in [4.69, 9.17) is 0 Å². The standard InChI is InChI=1S/C16H12F3N3O/c17-16(18,19)10-3-1-4-11(9-10)21-15(23)22-14-6-2-5-13-12(14)7-8-20-13/h1-9,20H,(H2,21,22,23). The maximum absolute atomic E-state index is 12.7. The molecule has 2 amide bonds. The summed E-state index contributed by atoms with van der Waals surface area (Å²) in [4.78, 5) is 15.0. The van der Waals surface area contributed by atoms with Gasteiger partial charge in [-0.25, -0.2) is 4.79 Å². The zero-order chi connectivity index (χ0) is 16.4. The summed E-state index contributed by atoms with van der Waals surface area (Å²) in [5, 5.41) is 5.84. The number of anilines is 2. The Kier molecular flexibility index (Phi) is 3.69. The van der Waals surface area contributed by atoms with Crippen LogP contribution in [0.1, 0.15) is 5.56 Å². The molecule has 118 valence electrons. The lowest BCUT2D eigenvalue weighted by Gasteiger charge is -2.11. The molecule has 3 rings (SSSR count). The van der Waals surface area contributed by atoms with Crippen LogP contribution in [0, 0.1) is 0 Å². The number of halogens is 3. The van der Waals surface area contributed by atoms with Crippen LogP contribution < -0.4 is 10.6 Å². The number of nitrogens with one attached hydrogen (secondary N) is 3. The molecule has 0 saturated carbocycles. The third kappa shape index (κ3) is 3.28. The fraction of sp³-hybridized carbons (Fsp3) is 0.0625. The predicted molar refractivity (Wildman–Crippen MR) is 82.4 cm³/mol. The second-order valence-corrected chi connectivity index (χ2v) is 4.90. The molecule has 0 spiro atoms. The normalized spacial score (nSPS) is 11.4. The molecule has 3 aromatic rings. The Labute approximate surface area is 129 Å². The number of rotatable bonds is 2. The Bertz CT molecular complexity index is 855. The first-order valence-corrected chi connectivity index (χ1v) is 6.75. The summed E-state index contributed by atoms with van der Waals surface area (Å²) >= 11 is 0. The molecular formula is C16H12F3N3O. The van der Waals surface area contributed by atoms with E-state index in [1.165, 1.54) is 12.1 Å². The van der Waals surface area contributed by atoms with Crippen LogP contribution in [-0.4, -0.2) is 11.0 Å². The van der Waals surface area contributed by atoms with E-state index < -0.39 is 17.8 Å². The summed E-state index contributed by atoms with van der Waals surface area (Å²) in [5.41, 5.74) is 0.664. The molecule has 1 aromatic heterocycles. The van der Waals surface area contributed by atoms with Crippen LogP contribution in [0.4, 0.5) is 29.3 Å². The number of H-pyrrole nitrogens is 1. The van der Waals surface area contributed by atoms with Gasteiger partial charge in [0.05, 0.1) is 11.3 Å². The van der Waals surface area contributed by atoms with Crippen molar-refractivity contribution in [3.8, 4) is 0 Å². The molecule has 1 heterocycles. The van der Waals surface area contributed by atoms with Crippen LogP contribution in [0.15, 0.2) is 54.7 Å². The minimum atomic E-state index is -4.45. The fourth-order valence-corrected chi connectivity index (χ4v) is 2.25. The van der Waals surface area contributed by atoms with Crippen LogP contribution in [0.25, 0.3) is 10.9 Å². The summed E-state index contributed by atoms with van der Waals surface area (Å²) in [7, 11) is 0. The topological polar surface area (TPSA) is 56.9 Å². The van der Waals surface area contributed by atoms with Gasteiger partial charge in [-0.15, -0.1) is 0 Å². The number of hydrogen-bond acceptors (Lipinski definition) is 1. The van der Waals surface area contributed by atoms with Crippen LogP contribution in [-0.2, 0) is 6.18 Å². The van der Waals surface area contributed by atoms with Crippen molar-refractivity contribution in [3.05, 3.63) is 60.3 Å². The Hall–Kier alpha value is -2.96. The zero-order valence-corrected chi connectivity index (χ0v) is 11.7. The maximum Gasteiger partial charge on any atom is 0.416 e. The van der Waals surface area contributed by atoms with Crippen molar-refractivity contribution in [1.82, 2.24) is 4.98 Å². The van der Waals surface area contributed by atoms with Crippen molar-refractivity contribution in [3.63, 3.8) is 0 Å². The Morgan fingerprint density at radius 1 is 1.00 bits per heavy atom. The number of urea groups is 1. The van der Waals surface area contributed by atoms with E-state index in [1.807, 2.05) is 6.07 Å². The van der Waals surface area contributed by atoms with Crippen molar-refractivity contribution in [2.75, 3.05) is 10.6 Å². The van der Waals surface area contributed by atoms with Gasteiger partial charge in [0.15, 0.2) is 0 Å². The molecule has 0 aliphatic carbocycles. The third-order valence-electron chi connectivity index (χ3n) is 3.29. The highest BCUT2D eigenvalue weighted by atomic mass is 19.4. The quantitative estimate of drug-likeness (QED) is 0.622. The Morgan fingerprint density at radius 2 is 1.78 bits per heavy atom. The molecule has 0 unspecified atom stereocenters. The molecule has 0 aliphatic heterocycles. The van der Waals surface area contributed by atoms with Crippen LogP contribution in [0.3, 0.4) is 0 Å². The number of carbonyl (C=O) groups excluding carboxylic acids is 1. The summed E-state index contributed by atoms with van der Waals surface area (Å²) in [6, 6.07) is 11.0. The maximum atomic E-state index is 12.7. The predicted octanol–water partition coefficient (Wildman–Crippen LogP) is 4.83. The number of aromatic amines is 1. The van der Waals surface area contributed by atoms with Gasteiger partial charge in [0, 0.05) is 22.8 Å². The molecule has 7 heteroatoms. The van der Waals surface area contributed by atoms with Gasteiger partial charge in [-0.3, -0.25) is 0 Å². The van der Waals surface area contributed by atoms with E-state index in [9.17, 15) is 18.0 Å². The Morgan fingerprint density at radius 3 is 2.57 bits per heavy atom. The number of alkyl halides is 3. The first-order valence-electron chi connectivity index (χ1n) is 6.75. The zero-order valence-electron chi connectivity index (χ0n) is 11.7. The second-order valence-electron chi connectivity index (χ2n) is 4.90. The first-order chi connectivity index (χ1) is 10.9. The molecule has 0 radical (unpaired) electrons. The van der Waals surface area contributed by atoms with E-state index in [0.29, 0.717) is 5.69 Å². The smallest absolute Gasteiger partial charge is 0.361 e. The number of benzene rings is 2. The van der Waals surface area contributed by atoms with Gasteiger partial charge in [-0.2, -0.15) is 13.2 Å². The summed E-state index contributed by atoms with van der Waals surface area (Å²) in [5.74, 6) is 0. The van der Waals surface area contributed by atoms with Gasteiger partial charge < -0.3 is 15.6 Å². The lowest BCUT2D eigenvalue weighted by Crippen LogP contribution is -2.19. The number of hydrogen-bond donors (Lipinski definition) is 3. The minimum absolute atomic E-state index is 0.0681. The molecular weight excluding hydrogens is 307 g/mol.